The number of carbonyl (C=O) groups is 2. The fraction of sp³-hybridized carbons (Fsp3) is 0.333. The van der Waals surface area contributed by atoms with Crippen LogP contribution in [0, 0.1) is 0 Å². The molecule has 0 unspecified atom stereocenters. The number of thiophene rings is 1. The molecule has 2 rings (SSSR count). The molecule has 1 aliphatic heterocycles. The molecule has 1 fully saturated rings. The van der Waals surface area contributed by atoms with Gasteiger partial charge in [0.2, 0.25) is 0 Å². The Hall–Kier alpha value is -0.720. The number of morpholine rings is 1. The normalized spacial score (nSPS) is 17.9. The summed E-state index contributed by atoms with van der Waals surface area (Å²) in [4.78, 5) is 24.9. The zero-order valence-electron chi connectivity index (χ0n) is 7.73. The van der Waals surface area contributed by atoms with Crippen molar-refractivity contribution in [2.24, 2.45) is 0 Å². The topological polar surface area (TPSA) is 46.6 Å². The van der Waals surface area contributed by atoms with Crippen LogP contribution in [-0.2, 0) is 20.9 Å². The summed E-state index contributed by atoms with van der Waals surface area (Å²) in [5.41, 5.74) is 0. The molecule has 0 saturated carbocycles. The first-order valence-corrected chi connectivity index (χ1v) is 6.00. The minimum atomic E-state index is -0.473. The summed E-state index contributed by atoms with van der Waals surface area (Å²) in [6.45, 7) is 0.950. The lowest BCUT2D eigenvalue weighted by Crippen LogP contribution is -2.42. The molecule has 2 heterocycles. The maximum atomic E-state index is 11.0. The maximum absolute atomic E-state index is 11.0. The van der Waals surface area contributed by atoms with Gasteiger partial charge in [0.1, 0.15) is 0 Å². The van der Waals surface area contributed by atoms with Crippen molar-refractivity contribution in [2.45, 2.75) is 6.54 Å². The molecular formula is C9H8BrNO3S. The minimum absolute atomic E-state index is 0.177. The summed E-state index contributed by atoms with van der Waals surface area (Å²) in [5, 5.41) is 1.96. The van der Waals surface area contributed by atoms with Crippen LogP contribution in [0.4, 0.5) is 0 Å². The van der Waals surface area contributed by atoms with Crippen LogP contribution < -0.4 is 0 Å². The van der Waals surface area contributed by atoms with Crippen molar-refractivity contribution < 1.29 is 14.3 Å². The van der Waals surface area contributed by atoms with E-state index >= 15 is 0 Å². The molecule has 80 valence electrons. The standard InChI is InChI=1S/C9H8BrNO3S/c10-6-1-2-15-7(6)3-11-4-8(12)14-9(13)5-11/h1-2H,3-5H2. The first kappa shape index (κ1) is 10.8. The van der Waals surface area contributed by atoms with Crippen LogP contribution in [0.3, 0.4) is 0 Å². The van der Waals surface area contributed by atoms with Crippen LogP contribution in [0.25, 0.3) is 0 Å². The van der Waals surface area contributed by atoms with Crippen LogP contribution >= 0.6 is 27.3 Å². The first-order chi connectivity index (χ1) is 7.15. The fourth-order valence-electron chi connectivity index (χ4n) is 1.37. The molecule has 0 atom stereocenters. The highest BCUT2D eigenvalue weighted by Gasteiger charge is 2.25. The van der Waals surface area contributed by atoms with Gasteiger partial charge in [-0.05, 0) is 27.4 Å². The van der Waals surface area contributed by atoms with Crippen molar-refractivity contribution in [3.63, 3.8) is 0 Å². The van der Waals surface area contributed by atoms with E-state index in [0.29, 0.717) is 6.54 Å². The Morgan fingerprint density at radius 2 is 2.07 bits per heavy atom. The van der Waals surface area contributed by atoms with Gasteiger partial charge in [-0.15, -0.1) is 11.3 Å². The van der Waals surface area contributed by atoms with Crippen LogP contribution in [0.2, 0.25) is 0 Å². The smallest absolute Gasteiger partial charge is 0.327 e. The second-order valence-electron chi connectivity index (χ2n) is 3.18. The molecule has 0 bridgehead atoms. The molecule has 0 N–H and O–H groups in total. The highest BCUT2D eigenvalue weighted by molar-refractivity contribution is 9.10. The van der Waals surface area contributed by atoms with Crippen molar-refractivity contribution in [2.75, 3.05) is 13.1 Å². The van der Waals surface area contributed by atoms with Gasteiger partial charge in [0.05, 0.1) is 13.1 Å². The number of carbonyl (C=O) groups excluding carboxylic acids is 2. The number of hydrogen-bond acceptors (Lipinski definition) is 5. The van der Waals surface area contributed by atoms with E-state index in [1.807, 2.05) is 11.4 Å². The highest BCUT2D eigenvalue weighted by Crippen LogP contribution is 2.24. The average Bonchev–Trinajstić information content (AvgIpc) is 2.50. The quantitative estimate of drug-likeness (QED) is 0.610. The second-order valence-corrected chi connectivity index (χ2v) is 5.04. The van der Waals surface area contributed by atoms with Gasteiger partial charge < -0.3 is 4.74 Å². The third kappa shape index (κ3) is 2.64. The molecule has 15 heavy (non-hydrogen) atoms. The van der Waals surface area contributed by atoms with E-state index in [4.69, 9.17) is 0 Å². The van der Waals surface area contributed by atoms with Gasteiger partial charge in [-0.25, -0.2) is 0 Å². The Kier molecular flexibility index (Phi) is 3.18. The summed E-state index contributed by atoms with van der Waals surface area (Å²) < 4.78 is 5.45. The zero-order valence-corrected chi connectivity index (χ0v) is 10.1. The molecule has 0 radical (unpaired) electrons. The summed E-state index contributed by atoms with van der Waals surface area (Å²) in [7, 11) is 0. The van der Waals surface area contributed by atoms with Crippen molar-refractivity contribution in [3.8, 4) is 0 Å². The van der Waals surface area contributed by atoms with Gasteiger partial charge in [0.25, 0.3) is 0 Å². The predicted molar refractivity (Wildman–Crippen MR) is 58.4 cm³/mol. The summed E-state index contributed by atoms with van der Waals surface area (Å²) in [5.74, 6) is -0.946. The van der Waals surface area contributed by atoms with Gasteiger partial charge in [0.15, 0.2) is 0 Å². The largest absolute Gasteiger partial charge is 0.391 e. The molecule has 1 aromatic rings. The van der Waals surface area contributed by atoms with Gasteiger partial charge in [-0.1, -0.05) is 0 Å². The van der Waals surface area contributed by atoms with Gasteiger partial charge in [-0.2, -0.15) is 0 Å². The summed E-state index contributed by atoms with van der Waals surface area (Å²) >= 11 is 5.00. The molecule has 0 spiro atoms. The van der Waals surface area contributed by atoms with E-state index in [0.717, 1.165) is 9.35 Å². The maximum Gasteiger partial charge on any atom is 0.327 e. The monoisotopic (exact) mass is 289 g/mol. The minimum Gasteiger partial charge on any atom is -0.391 e. The van der Waals surface area contributed by atoms with E-state index in [1.54, 1.807) is 16.2 Å². The summed E-state index contributed by atoms with van der Waals surface area (Å²) in [6.07, 6.45) is 0. The van der Waals surface area contributed by atoms with E-state index in [1.165, 1.54) is 0 Å². The molecule has 1 saturated heterocycles. The van der Waals surface area contributed by atoms with E-state index in [9.17, 15) is 9.59 Å². The van der Waals surface area contributed by atoms with Gasteiger partial charge in [0, 0.05) is 15.9 Å². The van der Waals surface area contributed by atoms with Crippen LogP contribution in [0.5, 0.6) is 0 Å². The number of rotatable bonds is 2. The average molecular weight is 290 g/mol. The van der Waals surface area contributed by atoms with Crippen molar-refractivity contribution in [1.82, 2.24) is 4.90 Å². The SMILES string of the molecule is O=C1CN(Cc2sccc2Br)CC(=O)O1. The second kappa shape index (κ2) is 4.42. The van der Waals surface area contributed by atoms with Crippen LogP contribution in [0.15, 0.2) is 15.9 Å². The molecule has 6 heteroatoms. The Balaban J connectivity index is 2.03. The predicted octanol–water partition coefficient (Wildman–Crippen LogP) is 1.40. The van der Waals surface area contributed by atoms with Gasteiger partial charge >= 0.3 is 11.9 Å². The molecular weight excluding hydrogens is 282 g/mol. The van der Waals surface area contributed by atoms with E-state index < -0.39 is 11.9 Å². The Bertz CT molecular complexity index is 388. The van der Waals surface area contributed by atoms with Crippen LogP contribution in [0.1, 0.15) is 4.88 Å². The molecule has 0 aromatic carbocycles. The number of cyclic esters (lactones) is 2. The molecule has 0 amide bonds. The molecule has 4 nitrogen and oxygen atoms in total. The van der Waals surface area contributed by atoms with Crippen molar-refractivity contribution >= 4 is 39.2 Å². The van der Waals surface area contributed by atoms with Crippen LogP contribution in [-0.4, -0.2) is 29.9 Å². The number of ether oxygens (including phenoxy) is 1. The zero-order chi connectivity index (χ0) is 10.8. The Labute approximate surface area is 99.0 Å². The summed E-state index contributed by atoms with van der Waals surface area (Å²) in [6, 6.07) is 1.95. The lowest BCUT2D eigenvalue weighted by molar-refractivity contribution is -0.167. The lowest BCUT2D eigenvalue weighted by Gasteiger charge is -2.23. The third-order valence-corrected chi connectivity index (χ3v) is 3.90. The third-order valence-electron chi connectivity index (χ3n) is 1.99. The highest BCUT2D eigenvalue weighted by atomic mass is 79.9. The van der Waals surface area contributed by atoms with E-state index in [2.05, 4.69) is 20.7 Å². The Morgan fingerprint density at radius 1 is 1.40 bits per heavy atom. The number of esters is 2. The number of halogens is 1. The Morgan fingerprint density at radius 3 is 2.60 bits per heavy atom. The molecule has 1 aliphatic rings. The molecule has 1 aromatic heterocycles. The molecule has 0 aliphatic carbocycles. The van der Waals surface area contributed by atoms with Crippen molar-refractivity contribution in [3.05, 3.63) is 20.8 Å². The lowest BCUT2D eigenvalue weighted by atomic mass is 10.3. The van der Waals surface area contributed by atoms with Gasteiger partial charge in [-0.3, -0.25) is 14.5 Å². The fourth-order valence-corrected chi connectivity index (χ4v) is 2.88. The number of hydrogen-bond donors (Lipinski definition) is 0. The van der Waals surface area contributed by atoms with Crippen molar-refractivity contribution in [1.29, 1.82) is 0 Å². The van der Waals surface area contributed by atoms with E-state index in [-0.39, 0.29) is 13.1 Å². The number of nitrogens with zero attached hydrogens (tertiary/aromatic N) is 1. The first-order valence-electron chi connectivity index (χ1n) is 4.33.